The Morgan fingerprint density at radius 1 is 1.30 bits per heavy atom. The maximum absolute atomic E-state index is 10.7. The van der Waals surface area contributed by atoms with Gasteiger partial charge < -0.3 is 10.6 Å². The van der Waals surface area contributed by atoms with Crippen LogP contribution in [0.25, 0.3) is 0 Å². The number of nitrogens with zero attached hydrogens (tertiary/aromatic N) is 2. The Hall–Kier alpha value is -2.27. The van der Waals surface area contributed by atoms with Crippen molar-refractivity contribution in [1.29, 1.82) is 0 Å². The van der Waals surface area contributed by atoms with Crippen LogP contribution < -0.4 is 10.6 Å². The number of halogens is 1. The molecule has 2 aromatic rings. The lowest BCUT2D eigenvalue weighted by molar-refractivity contribution is -0.383. The van der Waals surface area contributed by atoms with E-state index in [0.29, 0.717) is 11.6 Å². The average molecular weight is 292 g/mol. The number of nitro benzene ring substituents is 1. The minimum absolute atomic E-state index is 0.0834. The minimum Gasteiger partial charge on any atom is -0.393 e. The molecule has 2 N–H and O–H groups in total. The van der Waals surface area contributed by atoms with Crippen molar-refractivity contribution < 1.29 is 4.92 Å². The Kier molecular flexibility index (Phi) is 4.10. The van der Waals surface area contributed by atoms with E-state index in [1.807, 2.05) is 36.2 Å². The van der Waals surface area contributed by atoms with Crippen LogP contribution in [0.2, 0.25) is 5.02 Å². The Morgan fingerprint density at radius 2 is 2.00 bits per heavy atom. The minimum atomic E-state index is -0.493. The summed E-state index contributed by atoms with van der Waals surface area (Å²) in [4.78, 5) is 12.2. The molecule has 0 bridgehead atoms. The maximum Gasteiger partial charge on any atom is 0.292 e. The van der Waals surface area contributed by atoms with Gasteiger partial charge in [0, 0.05) is 30.4 Å². The number of nitro groups is 1. The molecule has 0 spiro atoms. The van der Waals surface area contributed by atoms with Crippen molar-refractivity contribution >= 4 is 28.7 Å². The van der Waals surface area contributed by atoms with Crippen molar-refractivity contribution in [2.45, 2.75) is 6.54 Å². The highest BCUT2D eigenvalue weighted by Gasteiger charge is 2.13. The molecule has 104 valence electrons. The van der Waals surface area contributed by atoms with E-state index in [9.17, 15) is 10.1 Å². The molecule has 5 nitrogen and oxygen atoms in total. The van der Waals surface area contributed by atoms with Crippen LogP contribution in [0.15, 0.2) is 42.5 Å². The van der Waals surface area contributed by atoms with Crippen molar-refractivity contribution in [2.24, 2.45) is 0 Å². The zero-order valence-electron chi connectivity index (χ0n) is 10.9. The predicted molar refractivity (Wildman–Crippen MR) is 81.1 cm³/mol. The van der Waals surface area contributed by atoms with Gasteiger partial charge in [-0.15, -0.1) is 0 Å². The first-order valence-electron chi connectivity index (χ1n) is 5.97. The van der Waals surface area contributed by atoms with Gasteiger partial charge in [0.25, 0.3) is 5.69 Å². The molecule has 0 heterocycles. The summed E-state index contributed by atoms with van der Waals surface area (Å²) in [6.45, 7) is 0.594. The average Bonchev–Trinajstić information content (AvgIpc) is 2.40. The number of hydrogen-bond acceptors (Lipinski definition) is 4. The van der Waals surface area contributed by atoms with Crippen LogP contribution in [0.5, 0.6) is 0 Å². The van der Waals surface area contributed by atoms with E-state index in [0.717, 1.165) is 11.3 Å². The van der Waals surface area contributed by atoms with E-state index in [-0.39, 0.29) is 11.4 Å². The lowest BCUT2D eigenvalue weighted by Gasteiger charge is -2.20. The van der Waals surface area contributed by atoms with Gasteiger partial charge in [-0.25, -0.2) is 0 Å². The lowest BCUT2D eigenvalue weighted by Crippen LogP contribution is -2.16. The smallest absolute Gasteiger partial charge is 0.292 e. The van der Waals surface area contributed by atoms with E-state index >= 15 is 0 Å². The van der Waals surface area contributed by atoms with Crippen LogP contribution in [0.1, 0.15) is 5.56 Å². The summed E-state index contributed by atoms with van der Waals surface area (Å²) in [7, 11) is 1.88. The summed E-state index contributed by atoms with van der Waals surface area (Å²) < 4.78 is 0. The fourth-order valence-corrected chi connectivity index (χ4v) is 2.11. The van der Waals surface area contributed by atoms with Crippen LogP contribution >= 0.6 is 11.6 Å². The fraction of sp³-hybridized carbons (Fsp3) is 0.143. The van der Waals surface area contributed by atoms with Crippen LogP contribution in [0.4, 0.5) is 17.1 Å². The molecular weight excluding hydrogens is 278 g/mol. The molecule has 2 rings (SSSR count). The molecule has 20 heavy (non-hydrogen) atoms. The zero-order chi connectivity index (χ0) is 14.7. The summed E-state index contributed by atoms with van der Waals surface area (Å²) in [6, 6.07) is 12.2. The number of anilines is 2. The Labute approximate surface area is 121 Å². The van der Waals surface area contributed by atoms with Gasteiger partial charge in [0.2, 0.25) is 0 Å². The lowest BCUT2D eigenvalue weighted by atomic mass is 10.2. The van der Waals surface area contributed by atoms with Gasteiger partial charge in [0.1, 0.15) is 5.69 Å². The molecule has 0 saturated carbocycles. The van der Waals surface area contributed by atoms with E-state index in [1.165, 1.54) is 6.07 Å². The number of benzene rings is 2. The molecule has 0 unspecified atom stereocenters. The summed E-state index contributed by atoms with van der Waals surface area (Å²) in [5.41, 5.74) is 7.54. The Morgan fingerprint density at radius 3 is 2.60 bits per heavy atom. The van der Waals surface area contributed by atoms with Crippen molar-refractivity contribution in [3.05, 3.63) is 63.2 Å². The summed E-state index contributed by atoms with van der Waals surface area (Å²) in [5, 5.41) is 11.4. The van der Waals surface area contributed by atoms with E-state index < -0.39 is 4.92 Å². The maximum atomic E-state index is 10.7. The van der Waals surface area contributed by atoms with E-state index in [4.69, 9.17) is 17.3 Å². The number of nitrogen functional groups attached to an aromatic ring is 1. The topological polar surface area (TPSA) is 72.4 Å². The summed E-state index contributed by atoms with van der Waals surface area (Å²) >= 11 is 6.11. The zero-order valence-corrected chi connectivity index (χ0v) is 11.7. The molecule has 2 aromatic carbocycles. The molecule has 0 atom stereocenters. The Bertz CT molecular complexity index is 646. The second-order valence-electron chi connectivity index (χ2n) is 4.45. The molecular formula is C14H14ClN3O2. The van der Waals surface area contributed by atoms with Crippen LogP contribution in [0, 0.1) is 10.1 Å². The third kappa shape index (κ3) is 3.00. The number of hydrogen-bond donors (Lipinski definition) is 1. The number of nitrogens with two attached hydrogens (primary N) is 1. The normalized spacial score (nSPS) is 10.3. The summed E-state index contributed by atoms with van der Waals surface area (Å²) in [6.07, 6.45) is 0. The molecule has 0 radical (unpaired) electrons. The molecule has 0 amide bonds. The second kappa shape index (κ2) is 5.79. The molecule has 0 aromatic heterocycles. The van der Waals surface area contributed by atoms with Gasteiger partial charge in [-0.05, 0) is 23.8 Å². The molecule has 0 saturated heterocycles. The third-order valence-electron chi connectivity index (χ3n) is 3.01. The van der Waals surface area contributed by atoms with Gasteiger partial charge in [-0.3, -0.25) is 10.1 Å². The first kappa shape index (κ1) is 14.1. The SMILES string of the molecule is CN(Cc1ccccc1Cl)c1ccc([N+](=O)[O-])c(N)c1. The highest BCUT2D eigenvalue weighted by atomic mass is 35.5. The Balaban J connectivity index is 2.22. The largest absolute Gasteiger partial charge is 0.393 e. The number of rotatable bonds is 4. The van der Waals surface area contributed by atoms with Gasteiger partial charge in [-0.2, -0.15) is 0 Å². The second-order valence-corrected chi connectivity index (χ2v) is 4.85. The van der Waals surface area contributed by atoms with E-state index in [2.05, 4.69) is 0 Å². The molecule has 6 heteroatoms. The first-order chi connectivity index (χ1) is 9.49. The predicted octanol–water partition coefficient (Wildman–Crippen LogP) is 3.47. The quantitative estimate of drug-likeness (QED) is 0.532. The summed E-state index contributed by atoms with van der Waals surface area (Å²) in [5.74, 6) is 0. The van der Waals surface area contributed by atoms with Crippen LogP contribution in [0.3, 0.4) is 0 Å². The first-order valence-corrected chi connectivity index (χ1v) is 6.35. The van der Waals surface area contributed by atoms with Gasteiger partial charge in [0.15, 0.2) is 0 Å². The van der Waals surface area contributed by atoms with Crippen LogP contribution in [-0.2, 0) is 6.54 Å². The van der Waals surface area contributed by atoms with Crippen molar-refractivity contribution in [2.75, 3.05) is 17.7 Å². The fourth-order valence-electron chi connectivity index (χ4n) is 1.92. The molecule has 0 aliphatic rings. The van der Waals surface area contributed by atoms with Gasteiger partial charge in [0.05, 0.1) is 4.92 Å². The van der Waals surface area contributed by atoms with Gasteiger partial charge >= 0.3 is 0 Å². The monoisotopic (exact) mass is 291 g/mol. The van der Waals surface area contributed by atoms with Crippen LogP contribution in [-0.4, -0.2) is 12.0 Å². The third-order valence-corrected chi connectivity index (χ3v) is 3.38. The highest BCUT2D eigenvalue weighted by Crippen LogP contribution is 2.27. The molecule has 0 aliphatic heterocycles. The highest BCUT2D eigenvalue weighted by molar-refractivity contribution is 6.31. The standard InChI is InChI=1S/C14H14ClN3O2/c1-17(9-10-4-2-3-5-12(10)15)11-6-7-14(18(19)20)13(16)8-11/h2-8H,9,16H2,1H3. The van der Waals surface area contributed by atoms with Crippen molar-refractivity contribution in [3.63, 3.8) is 0 Å². The van der Waals surface area contributed by atoms with Crippen molar-refractivity contribution in [1.82, 2.24) is 0 Å². The molecule has 0 fully saturated rings. The van der Waals surface area contributed by atoms with E-state index in [1.54, 1.807) is 12.1 Å². The molecule has 0 aliphatic carbocycles. The van der Waals surface area contributed by atoms with Gasteiger partial charge in [-0.1, -0.05) is 29.8 Å². The van der Waals surface area contributed by atoms with Crippen molar-refractivity contribution in [3.8, 4) is 0 Å².